The quantitative estimate of drug-likeness (QED) is 0.687. The van der Waals surface area contributed by atoms with Gasteiger partial charge in [0.1, 0.15) is 11.6 Å². The first kappa shape index (κ1) is 16.4. The molecule has 0 unspecified atom stereocenters. The maximum Gasteiger partial charge on any atom is 0.243 e. The number of sulfonamides is 1. The van der Waals surface area contributed by atoms with Crippen molar-refractivity contribution in [3.05, 3.63) is 84.3 Å². The van der Waals surface area contributed by atoms with E-state index in [0.29, 0.717) is 11.5 Å². The van der Waals surface area contributed by atoms with E-state index in [-0.39, 0.29) is 18.0 Å². The molecule has 0 radical (unpaired) electrons. The second-order valence-electron chi connectivity index (χ2n) is 5.13. The average molecular weight is 346 g/mol. The molecule has 5 nitrogen and oxygen atoms in total. The summed E-state index contributed by atoms with van der Waals surface area (Å²) in [6.45, 7) is 0.143. The summed E-state index contributed by atoms with van der Waals surface area (Å²) in [5.74, 6) is 0.0212. The van der Waals surface area contributed by atoms with E-state index in [9.17, 15) is 12.8 Å². The second kappa shape index (κ2) is 6.94. The molecule has 0 N–H and O–H groups in total. The fourth-order valence-electron chi connectivity index (χ4n) is 2.23. The van der Waals surface area contributed by atoms with Crippen molar-refractivity contribution in [2.24, 2.45) is 0 Å². The van der Waals surface area contributed by atoms with Crippen LogP contribution in [0.5, 0.6) is 0 Å². The second-order valence-corrected chi connectivity index (χ2v) is 7.07. The SMILES string of the molecule is O=S(=O)(c1ccc(F)cc1)N(Cc1ccccn1)Cc1ccco1. The molecule has 0 aliphatic heterocycles. The van der Waals surface area contributed by atoms with Crippen molar-refractivity contribution in [2.75, 3.05) is 0 Å². The number of pyridine rings is 1. The maximum absolute atomic E-state index is 13.1. The summed E-state index contributed by atoms with van der Waals surface area (Å²) >= 11 is 0. The van der Waals surface area contributed by atoms with Crippen molar-refractivity contribution in [3.63, 3.8) is 0 Å². The Labute approximate surface area is 139 Å². The number of hydrogen-bond donors (Lipinski definition) is 0. The molecule has 124 valence electrons. The summed E-state index contributed by atoms with van der Waals surface area (Å²) in [5, 5.41) is 0. The molecule has 0 aliphatic carbocycles. The number of furan rings is 1. The Kier molecular flexibility index (Phi) is 4.73. The van der Waals surface area contributed by atoms with Gasteiger partial charge in [-0.1, -0.05) is 6.07 Å². The van der Waals surface area contributed by atoms with Gasteiger partial charge in [0.05, 0.1) is 29.9 Å². The maximum atomic E-state index is 13.1. The highest BCUT2D eigenvalue weighted by Crippen LogP contribution is 2.21. The molecule has 3 aromatic rings. The van der Waals surface area contributed by atoms with Gasteiger partial charge in [-0.2, -0.15) is 4.31 Å². The van der Waals surface area contributed by atoms with Crippen LogP contribution in [0.2, 0.25) is 0 Å². The molecule has 0 amide bonds. The van der Waals surface area contributed by atoms with Gasteiger partial charge in [0.25, 0.3) is 0 Å². The van der Waals surface area contributed by atoms with E-state index >= 15 is 0 Å². The Morgan fingerprint density at radius 3 is 2.42 bits per heavy atom. The van der Waals surface area contributed by atoms with Crippen LogP contribution in [0.4, 0.5) is 4.39 Å². The molecule has 1 aromatic carbocycles. The summed E-state index contributed by atoms with van der Waals surface area (Å²) in [6.07, 6.45) is 3.09. The van der Waals surface area contributed by atoms with Gasteiger partial charge in [-0.05, 0) is 48.5 Å². The first-order valence-electron chi connectivity index (χ1n) is 7.24. The third kappa shape index (κ3) is 3.69. The molecule has 0 fully saturated rings. The number of halogens is 1. The van der Waals surface area contributed by atoms with Crippen LogP contribution in [0.3, 0.4) is 0 Å². The summed E-state index contributed by atoms with van der Waals surface area (Å²) in [7, 11) is -3.83. The third-order valence-electron chi connectivity index (χ3n) is 3.43. The Morgan fingerprint density at radius 1 is 1.00 bits per heavy atom. The van der Waals surface area contributed by atoms with Crippen molar-refractivity contribution in [3.8, 4) is 0 Å². The van der Waals surface area contributed by atoms with E-state index in [1.54, 1.807) is 36.5 Å². The molecule has 7 heteroatoms. The molecule has 0 saturated heterocycles. The highest BCUT2D eigenvalue weighted by Gasteiger charge is 2.26. The van der Waals surface area contributed by atoms with Crippen LogP contribution in [0.1, 0.15) is 11.5 Å². The van der Waals surface area contributed by atoms with Gasteiger partial charge in [-0.15, -0.1) is 0 Å². The first-order valence-corrected chi connectivity index (χ1v) is 8.68. The molecule has 0 atom stereocenters. The van der Waals surface area contributed by atoms with Gasteiger partial charge >= 0.3 is 0 Å². The molecular formula is C17H15FN2O3S. The largest absolute Gasteiger partial charge is 0.468 e. The zero-order valence-corrected chi connectivity index (χ0v) is 13.5. The Bertz CT molecular complexity index is 879. The molecule has 0 saturated carbocycles. The minimum atomic E-state index is -3.83. The van der Waals surface area contributed by atoms with E-state index in [1.165, 1.54) is 22.7 Å². The van der Waals surface area contributed by atoms with Crippen LogP contribution in [-0.2, 0) is 23.1 Å². The Hall–Kier alpha value is -2.51. The van der Waals surface area contributed by atoms with Gasteiger partial charge in [0.15, 0.2) is 0 Å². The van der Waals surface area contributed by atoms with Crippen molar-refractivity contribution < 1.29 is 17.2 Å². The monoisotopic (exact) mass is 346 g/mol. The summed E-state index contributed by atoms with van der Waals surface area (Å²) in [4.78, 5) is 4.19. The van der Waals surface area contributed by atoms with E-state index < -0.39 is 15.8 Å². The van der Waals surface area contributed by atoms with Gasteiger partial charge in [-0.3, -0.25) is 4.98 Å². The number of benzene rings is 1. The van der Waals surface area contributed by atoms with Crippen molar-refractivity contribution >= 4 is 10.0 Å². The molecule has 0 bridgehead atoms. The molecular weight excluding hydrogens is 331 g/mol. The molecule has 0 aliphatic rings. The highest BCUT2D eigenvalue weighted by atomic mass is 32.2. The fraction of sp³-hybridized carbons (Fsp3) is 0.118. The summed E-state index contributed by atoms with van der Waals surface area (Å²) in [5.41, 5.74) is 0.606. The molecule has 2 heterocycles. The van der Waals surface area contributed by atoms with E-state index in [0.717, 1.165) is 12.1 Å². The zero-order chi connectivity index (χ0) is 17.0. The third-order valence-corrected chi connectivity index (χ3v) is 5.23. The normalized spacial score (nSPS) is 11.8. The lowest BCUT2D eigenvalue weighted by molar-refractivity contribution is 0.355. The van der Waals surface area contributed by atoms with E-state index in [2.05, 4.69) is 4.98 Å². The average Bonchev–Trinajstić information content (AvgIpc) is 3.09. The van der Waals surface area contributed by atoms with Crippen molar-refractivity contribution in [2.45, 2.75) is 18.0 Å². The minimum Gasteiger partial charge on any atom is -0.468 e. The van der Waals surface area contributed by atoms with Gasteiger partial charge in [0, 0.05) is 6.20 Å². The van der Waals surface area contributed by atoms with Crippen molar-refractivity contribution in [1.82, 2.24) is 9.29 Å². The molecule has 3 rings (SSSR count). The topological polar surface area (TPSA) is 63.4 Å². The number of hydrogen-bond acceptors (Lipinski definition) is 4. The molecule has 0 spiro atoms. The number of rotatable bonds is 6. The highest BCUT2D eigenvalue weighted by molar-refractivity contribution is 7.89. The smallest absolute Gasteiger partial charge is 0.243 e. The van der Waals surface area contributed by atoms with E-state index in [4.69, 9.17) is 4.42 Å². The molecule has 24 heavy (non-hydrogen) atoms. The van der Waals surface area contributed by atoms with Crippen molar-refractivity contribution in [1.29, 1.82) is 0 Å². The lowest BCUT2D eigenvalue weighted by Crippen LogP contribution is -2.30. The van der Waals surface area contributed by atoms with Crippen LogP contribution < -0.4 is 0 Å². The lowest BCUT2D eigenvalue weighted by Gasteiger charge is -2.21. The lowest BCUT2D eigenvalue weighted by atomic mass is 10.3. The Balaban J connectivity index is 1.94. The zero-order valence-electron chi connectivity index (χ0n) is 12.7. The number of nitrogens with zero attached hydrogens (tertiary/aromatic N) is 2. The standard InChI is InChI=1S/C17H15FN2O3S/c18-14-6-8-17(9-7-14)24(21,22)20(13-16-5-3-11-23-16)12-15-4-1-2-10-19-15/h1-11H,12-13H2. The first-order chi connectivity index (χ1) is 11.6. The van der Waals surface area contributed by atoms with Crippen LogP contribution in [0.15, 0.2) is 76.4 Å². The predicted molar refractivity (Wildman–Crippen MR) is 85.8 cm³/mol. The summed E-state index contributed by atoms with van der Waals surface area (Å²) in [6, 6.07) is 13.4. The van der Waals surface area contributed by atoms with Gasteiger partial charge < -0.3 is 4.42 Å². The Morgan fingerprint density at radius 2 is 1.79 bits per heavy atom. The van der Waals surface area contributed by atoms with Crippen LogP contribution in [-0.4, -0.2) is 17.7 Å². The van der Waals surface area contributed by atoms with Crippen LogP contribution in [0.25, 0.3) is 0 Å². The summed E-state index contributed by atoms with van der Waals surface area (Å²) < 4.78 is 45.4. The fourth-order valence-corrected chi connectivity index (χ4v) is 3.61. The molecule has 2 aromatic heterocycles. The van der Waals surface area contributed by atoms with Crippen LogP contribution >= 0.6 is 0 Å². The van der Waals surface area contributed by atoms with Crippen LogP contribution in [0, 0.1) is 5.82 Å². The number of aromatic nitrogens is 1. The van der Waals surface area contributed by atoms with Gasteiger partial charge in [0.2, 0.25) is 10.0 Å². The predicted octanol–water partition coefficient (Wildman–Crippen LogP) is 3.20. The van der Waals surface area contributed by atoms with Gasteiger partial charge in [-0.25, -0.2) is 12.8 Å². The minimum absolute atomic E-state index is 0.0198. The van der Waals surface area contributed by atoms with E-state index in [1.807, 2.05) is 0 Å².